The fourth-order valence-electron chi connectivity index (χ4n) is 3.03. The van der Waals surface area contributed by atoms with Gasteiger partial charge in [-0.3, -0.25) is 10.6 Å². The Labute approximate surface area is 109 Å². The second-order valence-corrected chi connectivity index (χ2v) is 5.54. The fourth-order valence-corrected chi connectivity index (χ4v) is 3.03. The minimum atomic E-state index is -0.417. The van der Waals surface area contributed by atoms with Crippen LogP contribution in [0.15, 0.2) is 12.2 Å². The van der Waals surface area contributed by atoms with Gasteiger partial charge in [0.1, 0.15) is 6.23 Å². The maximum atomic E-state index is 10.2. The normalized spacial score (nSPS) is 31.4. The van der Waals surface area contributed by atoms with Gasteiger partial charge in [-0.1, -0.05) is 31.4 Å². The Kier molecular flexibility index (Phi) is 5.63. The maximum Gasteiger partial charge on any atom is 0.111 e. The molecular weight excluding hydrogens is 228 g/mol. The minimum Gasteiger partial charge on any atom is -0.381 e. The van der Waals surface area contributed by atoms with Crippen molar-refractivity contribution in [3.05, 3.63) is 12.2 Å². The largest absolute Gasteiger partial charge is 0.381 e. The van der Waals surface area contributed by atoms with E-state index < -0.39 is 6.23 Å². The van der Waals surface area contributed by atoms with E-state index in [0.29, 0.717) is 6.04 Å². The lowest BCUT2D eigenvalue weighted by atomic mass is 9.90. The smallest absolute Gasteiger partial charge is 0.111 e. The summed E-state index contributed by atoms with van der Waals surface area (Å²) in [5, 5.41) is 25.4. The number of aliphatic hydroxyl groups is 2. The number of rotatable bonds is 5. The summed E-state index contributed by atoms with van der Waals surface area (Å²) in [5.74, 6) is 0.212. The Morgan fingerprint density at radius 1 is 1.06 bits per heavy atom. The molecule has 0 aromatic rings. The van der Waals surface area contributed by atoms with E-state index in [0.717, 1.165) is 12.8 Å². The van der Waals surface area contributed by atoms with Gasteiger partial charge in [0, 0.05) is 18.0 Å². The number of nitrogens with one attached hydrogen (secondary N) is 2. The molecule has 0 radical (unpaired) electrons. The number of hydrogen-bond acceptors (Lipinski definition) is 4. The van der Waals surface area contributed by atoms with E-state index in [1.807, 2.05) is 0 Å². The highest BCUT2D eigenvalue weighted by atomic mass is 16.3. The molecule has 0 aliphatic heterocycles. The molecule has 1 fully saturated rings. The Morgan fingerprint density at radius 3 is 2.44 bits per heavy atom. The van der Waals surface area contributed by atoms with E-state index in [1.54, 1.807) is 0 Å². The van der Waals surface area contributed by atoms with Crippen LogP contribution in [0.1, 0.15) is 44.9 Å². The highest BCUT2D eigenvalue weighted by Gasteiger charge is 2.24. The zero-order valence-electron chi connectivity index (χ0n) is 11.0. The number of aliphatic hydroxyl groups excluding tert-OH is 2. The van der Waals surface area contributed by atoms with Crippen LogP contribution in [0.2, 0.25) is 0 Å². The monoisotopic (exact) mass is 254 g/mol. The lowest BCUT2D eigenvalue weighted by molar-refractivity contribution is 0.0675. The first kappa shape index (κ1) is 14.0. The van der Waals surface area contributed by atoms with Gasteiger partial charge in [0.25, 0.3) is 0 Å². The molecule has 4 nitrogen and oxygen atoms in total. The zero-order chi connectivity index (χ0) is 12.8. The van der Waals surface area contributed by atoms with Gasteiger partial charge in [-0.15, -0.1) is 0 Å². The molecule has 0 aromatic heterocycles. The summed E-state index contributed by atoms with van der Waals surface area (Å²) in [6, 6.07) is 0.753. The second kappa shape index (κ2) is 7.24. The Morgan fingerprint density at radius 2 is 1.83 bits per heavy atom. The standard InChI is InChI=1S/C14H26N2O2/c17-10-15-12-8-6-11(7-9-12)14(18)16-13-4-2-1-3-5-13/h6,8,11-18H,1-5,7,9-10H2. The average molecular weight is 254 g/mol. The van der Waals surface area contributed by atoms with Gasteiger partial charge in [-0.2, -0.15) is 0 Å². The van der Waals surface area contributed by atoms with Gasteiger partial charge in [0.05, 0.1) is 6.73 Å². The Balaban J connectivity index is 1.75. The number of hydrogen-bond donors (Lipinski definition) is 4. The van der Waals surface area contributed by atoms with Crippen LogP contribution in [0.3, 0.4) is 0 Å². The molecule has 0 saturated heterocycles. The molecule has 3 unspecified atom stereocenters. The maximum absolute atomic E-state index is 10.2. The van der Waals surface area contributed by atoms with E-state index in [4.69, 9.17) is 5.11 Å². The SMILES string of the molecule is OCNC1C=CC(C(O)NC2CCCCC2)CC1. The topological polar surface area (TPSA) is 64.5 Å². The van der Waals surface area contributed by atoms with Gasteiger partial charge in [0.15, 0.2) is 0 Å². The first-order chi connectivity index (χ1) is 8.79. The van der Waals surface area contributed by atoms with E-state index in [2.05, 4.69) is 22.8 Å². The van der Waals surface area contributed by atoms with Gasteiger partial charge in [-0.05, 0) is 25.7 Å². The molecule has 2 aliphatic rings. The molecule has 18 heavy (non-hydrogen) atoms. The summed E-state index contributed by atoms with van der Waals surface area (Å²) in [6.45, 7) is 0.0164. The zero-order valence-corrected chi connectivity index (χ0v) is 11.0. The highest BCUT2D eigenvalue weighted by Crippen LogP contribution is 2.23. The van der Waals surface area contributed by atoms with Crippen LogP contribution in [-0.4, -0.2) is 35.3 Å². The third-order valence-electron chi connectivity index (χ3n) is 4.17. The third-order valence-corrected chi connectivity index (χ3v) is 4.17. The van der Waals surface area contributed by atoms with Crippen LogP contribution in [0.4, 0.5) is 0 Å². The summed E-state index contributed by atoms with van der Waals surface area (Å²) < 4.78 is 0. The molecule has 0 spiro atoms. The van der Waals surface area contributed by atoms with Gasteiger partial charge < -0.3 is 10.2 Å². The first-order valence-electron chi connectivity index (χ1n) is 7.26. The predicted molar refractivity (Wildman–Crippen MR) is 71.9 cm³/mol. The van der Waals surface area contributed by atoms with Crippen LogP contribution in [0.25, 0.3) is 0 Å². The van der Waals surface area contributed by atoms with Crippen LogP contribution in [0.5, 0.6) is 0 Å². The van der Waals surface area contributed by atoms with Crippen molar-refractivity contribution in [2.75, 3.05) is 6.73 Å². The van der Waals surface area contributed by atoms with Crippen molar-refractivity contribution < 1.29 is 10.2 Å². The summed E-state index contributed by atoms with van der Waals surface area (Å²) in [4.78, 5) is 0. The Hall–Kier alpha value is -0.420. The molecule has 2 aliphatic carbocycles. The summed E-state index contributed by atoms with van der Waals surface area (Å²) >= 11 is 0. The molecule has 3 atom stereocenters. The van der Waals surface area contributed by atoms with Gasteiger partial charge in [-0.25, -0.2) is 0 Å². The van der Waals surface area contributed by atoms with E-state index in [1.165, 1.54) is 32.1 Å². The van der Waals surface area contributed by atoms with Crippen molar-refractivity contribution in [2.45, 2.75) is 63.3 Å². The van der Waals surface area contributed by atoms with Crippen molar-refractivity contribution in [1.82, 2.24) is 10.6 Å². The van der Waals surface area contributed by atoms with E-state index >= 15 is 0 Å². The lowest BCUT2D eigenvalue weighted by Gasteiger charge is -2.31. The van der Waals surface area contributed by atoms with Crippen molar-refractivity contribution in [3.63, 3.8) is 0 Å². The summed E-state index contributed by atoms with van der Waals surface area (Å²) in [7, 11) is 0. The summed E-state index contributed by atoms with van der Waals surface area (Å²) in [5.41, 5.74) is 0. The summed E-state index contributed by atoms with van der Waals surface area (Å²) in [6.07, 6.45) is 12.0. The minimum absolute atomic E-state index is 0.0164. The van der Waals surface area contributed by atoms with Crippen molar-refractivity contribution >= 4 is 0 Å². The fraction of sp³-hybridized carbons (Fsp3) is 0.857. The molecule has 0 amide bonds. The molecular formula is C14H26N2O2. The molecule has 4 heteroatoms. The van der Waals surface area contributed by atoms with E-state index in [9.17, 15) is 5.11 Å². The second-order valence-electron chi connectivity index (χ2n) is 5.54. The first-order valence-corrected chi connectivity index (χ1v) is 7.26. The molecule has 104 valence electrons. The molecule has 0 aromatic carbocycles. The van der Waals surface area contributed by atoms with Gasteiger partial charge >= 0.3 is 0 Å². The van der Waals surface area contributed by atoms with Gasteiger partial charge in [0.2, 0.25) is 0 Å². The molecule has 2 rings (SSSR count). The van der Waals surface area contributed by atoms with Crippen molar-refractivity contribution in [1.29, 1.82) is 0 Å². The third kappa shape index (κ3) is 4.05. The highest BCUT2D eigenvalue weighted by molar-refractivity contribution is 5.03. The predicted octanol–water partition coefficient (Wildman–Crippen LogP) is 1.10. The van der Waals surface area contributed by atoms with Crippen LogP contribution < -0.4 is 10.6 Å². The molecule has 4 N–H and O–H groups in total. The van der Waals surface area contributed by atoms with Crippen LogP contribution in [-0.2, 0) is 0 Å². The lowest BCUT2D eigenvalue weighted by Crippen LogP contribution is -2.44. The quantitative estimate of drug-likeness (QED) is 0.438. The molecule has 0 bridgehead atoms. The van der Waals surface area contributed by atoms with Crippen molar-refractivity contribution in [3.8, 4) is 0 Å². The van der Waals surface area contributed by atoms with Crippen LogP contribution in [0, 0.1) is 5.92 Å². The van der Waals surface area contributed by atoms with Crippen LogP contribution >= 0.6 is 0 Å². The molecule has 0 heterocycles. The van der Waals surface area contributed by atoms with E-state index in [-0.39, 0.29) is 18.7 Å². The van der Waals surface area contributed by atoms with Crippen molar-refractivity contribution in [2.24, 2.45) is 5.92 Å². The average Bonchev–Trinajstić information content (AvgIpc) is 2.41. The Bertz CT molecular complexity index is 265. The molecule has 1 saturated carbocycles.